The number of imide groups is 1. The van der Waals surface area contributed by atoms with Gasteiger partial charge in [-0.3, -0.25) is 14.5 Å². The van der Waals surface area contributed by atoms with Crippen LogP contribution in [0.4, 0.5) is 4.79 Å². The van der Waals surface area contributed by atoms with E-state index in [2.05, 4.69) is 10.6 Å². The van der Waals surface area contributed by atoms with Gasteiger partial charge in [-0.05, 0) is 44.1 Å². The van der Waals surface area contributed by atoms with Crippen LogP contribution < -0.4 is 10.6 Å². The Morgan fingerprint density at radius 2 is 1.75 bits per heavy atom. The summed E-state index contributed by atoms with van der Waals surface area (Å²) in [5.41, 5.74) is -0.371. The molecular formula is C17H26N4O3. The normalized spacial score (nSPS) is 28.2. The van der Waals surface area contributed by atoms with Gasteiger partial charge in [0.05, 0.1) is 0 Å². The highest BCUT2D eigenvalue weighted by Gasteiger charge is 2.53. The van der Waals surface area contributed by atoms with Gasteiger partial charge in [0.2, 0.25) is 5.91 Å². The van der Waals surface area contributed by atoms with Gasteiger partial charge in [-0.25, -0.2) is 4.79 Å². The van der Waals surface area contributed by atoms with Gasteiger partial charge in [-0.15, -0.1) is 0 Å². The number of nitrogens with one attached hydrogen (secondary N) is 2. The van der Waals surface area contributed by atoms with Crippen molar-refractivity contribution in [1.82, 2.24) is 20.4 Å². The number of nitrogens with zero attached hydrogens (tertiary/aromatic N) is 2. The van der Waals surface area contributed by atoms with Gasteiger partial charge in [0.1, 0.15) is 12.1 Å². The van der Waals surface area contributed by atoms with Crippen molar-refractivity contribution in [1.29, 1.82) is 0 Å². The van der Waals surface area contributed by atoms with Crippen LogP contribution in [0.5, 0.6) is 0 Å². The van der Waals surface area contributed by atoms with E-state index in [1.54, 1.807) is 0 Å². The maximum atomic E-state index is 12.6. The molecule has 4 aliphatic rings. The molecule has 7 nitrogen and oxygen atoms in total. The van der Waals surface area contributed by atoms with Crippen LogP contribution in [0.2, 0.25) is 0 Å². The molecule has 3 heterocycles. The Balaban J connectivity index is 1.36. The Bertz CT molecular complexity index is 554. The van der Waals surface area contributed by atoms with Crippen molar-refractivity contribution in [2.45, 2.75) is 50.5 Å². The molecule has 0 radical (unpaired) electrons. The largest absolute Gasteiger partial charge is 0.341 e. The van der Waals surface area contributed by atoms with Crippen molar-refractivity contribution in [3.63, 3.8) is 0 Å². The van der Waals surface area contributed by atoms with Crippen LogP contribution in [0.1, 0.15) is 44.9 Å². The molecule has 2 N–H and O–H groups in total. The zero-order valence-electron chi connectivity index (χ0n) is 14.1. The van der Waals surface area contributed by atoms with Crippen molar-refractivity contribution in [3.05, 3.63) is 0 Å². The second-order valence-electron chi connectivity index (χ2n) is 7.92. The average molecular weight is 334 g/mol. The van der Waals surface area contributed by atoms with E-state index in [1.807, 2.05) is 4.90 Å². The minimum Gasteiger partial charge on any atom is -0.341 e. The summed E-state index contributed by atoms with van der Waals surface area (Å²) in [6.45, 7) is 3.46. The van der Waals surface area contributed by atoms with Gasteiger partial charge in [-0.2, -0.15) is 0 Å². The maximum absolute atomic E-state index is 12.6. The molecule has 0 bridgehead atoms. The fraction of sp³-hybridized carbons (Fsp3) is 0.824. The standard InChI is InChI=1S/C17H26N4O3/c22-13(20-9-6-16(7-10-20)5-8-18-12-16)11-21-14(23)17(19-15(21)24)3-1-2-4-17/h18H,1-12H2,(H,19,24). The molecule has 4 rings (SSSR count). The number of hydrogen-bond acceptors (Lipinski definition) is 4. The molecule has 3 aliphatic heterocycles. The van der Waals surface area contributed by atoms with Gasteiger partial charge in [0.15, 0.2) is 0 Å². The summed E-state index contributed by atoms with van der Waals surface area (Å²) in [6.07, 6.45) is 6.51. The molecule has 7 heteroatoms. The molecule has 24 heavy (non-hydrogen) atoms. The number of amides is 4. The van der Waals surface area contributed by atoms with Crippen LogP contribution in [0.25, 0.3) is 0 Å². The first-order valence-corrected chi connectivity index (χ1v) is 9.16. The fourth-order valence-electron chi connectivity index (χ4n) is 4.83. The highest BCUT2D eigenvalue weighted by Crippen LogP contribution is 2.37. The number of likely N-dealkylation sites (tertiary alicyclic amines) is 1. The molecule has 0 unspecified atom stereocenters. The van der Waals surface area contributed by atoms with Crippen LogP contribution in [-0.4, -0.2) is 65.9 Å². The van der Waals surface area contributed by atoms with Crippen LogP contribution in [-0.2, 0) is 9.59 Å². The van der Waals surface area contributed by atoms with E-state index in [0.717, 1.165) is 56.8 Å². The number of carbonyl (C=O) groups is 3. The Kier molecular flexibility index (Phi) is 3.78. The molecule has 1 saturated carbocycles. The molecule has 3 saturated heterocycles. The molecule has 132 valence electrons. The van der Waals surface area contributed by atoms with Crippen molar-refractivity contribution >= 4 is 17.8 Å². The quantitative estimate of drug-likeness (QED) is 0.719. The van der Waals surface area contributed by atoms with Crippen LogP contribution in [0, 0.1) is 5.41 Å². The summed E-state index contributed by atoms with van der Waals surface area (Å²) in [5.74, 6) is -0.304. The van der Waals surface area contributed by atoms with Crippen LogP contribution in [0.3, 0.4) is 0 Å². The molecule has 0 aromatic rings. The van der Waals surface area contributed by atoms with E-state index in [9.17, 15) is 14.4 Å². The predicted octanol–water partition coefficient (Wildman–Crippen LogP) is 0.453. The molecule has 0 aromatic heterocycles. The molecule has 2 spiro atoms. The number of carbonyl (C=O) groups excluding carboxylic acids is 3. The lowest BCUT2D eigenvalue weighted by molar-refractivity contribution is -0.140. The van der Waals surface area contributed by atoms with Crippen LogP contribution >= 0.6 is 0 Å². The highest BCUT2D eigenvalue weighted by molar-refractivity contribution is 6.09. The van der Waals surface area contributed by atoms with Gasteiger partial charge < -0.3 is 15.5 Å². The van der Waals surface area contributed by atoms with Crippen molar-refractivity contribution in [3.8, 4) is 0 Å². The molecule has 4 amide bonds. The lowest BCUT2D eigenvalue weighted by Gasteiger charge is -2.39. The van der Waals surface area contributed by atoms with Gasteiger partial charge >= 0.3 is 6.03 Å². The minimum atomic E-state index is -0.723. The number of piperidine rings is 1. The zero-order chi connectivity index (χ0) is 16.8. The summed E-state index contributed by atoms with van der Waals surface area (Å²) < 4.78 is 0. The number of hydrogen-bond donors (Lipinski definition) is 2. The van der Waals surface area contributed by atoms with Gasteiger partial charge in [0.25, 0.3) is 5.91 Å². The molecule has 4 fully saturated rings. The van der Waals surface area contributed by atoms with Gasteiger partial charge in [0, 0.05) is 19.6 Å². The summed E-state index contributed by atoms with van der Waals surface area (Å²) in [6, 6.07) is -0.399. The first-order chi connectivity index (χ1) is 11.5. The second kappa shape index (κ2) is 5.72. The first-order valence-electron chi connectivity index (χ1n) is 9.16. The minimum absolute atomic E-state index is 0.102. The van der Waals surface area contributed by atoms with E-state index in [4.69, 9.17) is 0 Å². The number of urea groups is 1. The van der Waals surface area contributed by atoms with E-state index in [-0.39, 0.29) is 18.4 Å². The average Bonchev–Trinajstić information content (AvgIpc) is 3.27. The fourth-order valence-corrected chi connectivity index (χ4v) is 4.83. The molecule has 1 aliphatic carbocycles. The zero-order valence-corrected chi connectivity index (χ0v) is 14.1. The van der Waals surface area contributed by atoms with Crippen molar-refractivity contribution in [2.24, 2.45) is 5.41 Å². The van der Waals surface area contributed by atoms with Crippen molar-refractivity contribution < 1.29 is 14.4 Å². The highest BCUT2D eigenvalue weighted by atomic mass is 16.2. The molecular weight excluding hydrogens is 308 g/mol. The summed E-state index contributed by atoms with van der Waals surface area (Å²) in [4.78, 5) is 40.4. The Hall–Kier alpha value is -1.63. The van der Waals surface area contributed by atoms with Crippen LogP contribution in [0.15, 0.2) is 0 Å². The molecule has 0 atom stereocenters. The first kappa shape index (κ1) is 15.9. The Morgan fingerprint density at radius 1 is 1.04 bits per heavy atom. The summed E-state index contributed by atoms with van der Waals surface area (Å²) in [7, 11) is 0. The van der Waals surface area contributed by atoms with E-state index in [1.165, 1.54) is 6.42 Å². The van der Waals surface area contributed by atoms with E-state index >= 15 is 0 Å². The van der Waals surface area contributed by atoms with Crippen molar-refractivity contribution in [2.75, 3.05) is 32.7 Å². The third kappa shape index (κ3) is 2.49. The third-order valence-electron chi connectivity index (χ3n) is 6.51. The Labute approximate surface area is 142 Å². The predicted molar refractivity (Wildman–Crippen MR) is 87.2 cm³/mol. The number of rotatable bonds is 2. The monoisotopic (exact) mass is 334 g/mol. The van der Waals surface area contributed by atoms with E-state index in [0.29, 0.717) is 18.3 Å². The smallest absolute Gasteiger partial charge is 0.325 e. The third-order valence-corrected chi connectivity index (χ3v) is 6.51. The van der Waals surface area contributed by atoms with E-state index < -0.39 is 11.6 Å². The lowest BCUT2D eigenvalue weighted by Crippen LogP contribution is -2.49. The van der Waals surface area contributed by atoms with Gasteiger partial charge in [-0.1, -0.05) is 12.8 Å². The lowest BCUT2D eigenvalue weighted by atomic mass is 9.78. The Morgan fingerprint density at radius 3 is 2.38 bits per heavy atom. The topological polar surface area (TPSA) is 81.8 Å². The second-order valence-corrected chi connectivity index (χ2v) is 7.92. The molecule has 0 aromatic carbocycles. The summed E-state index contributed by atoms with van der Waals surface area (Å²) in [5, 5.41) is 6.25. The summed E-state index contributed by atoms with van der Waals surface area (Å²) >= 11 is 0. The maximum Gasteiger partial charge on any atom is 0.325 e. The SMILES string of the molecule is O=C(CN1C(=O)NC2(CCCC2)C1=O)N1CCC2(CCNC2)CC1.